The molecule has 0 aromatic heterocycles. The first-order valence-corrected chi connectivity index (χ1v) is 4.69. The Labute approximate surface area is 81.6 Å². The molecule has 0 bridgehead atoms. The van der Waals surface area contributed by atoms with Crippen LogP contribution in [0.25, 0.3) is 0 Å². The first kappa shape index (κ1) is 9.45. The van der Waals surface area contributed by atoms with E-state index in [1.165, 1.54) is 6.92 Å². The van der Waals surface area contributed by atoms with Crippen LogP contribution in [-0.4, -0.2) is 47.7 Å². The molecule has 2 rings (SSSR count). The third kappa shape index (κ3) is 1.37. The van der Waals surface area contributed by atoms with Gasteiger partial charge in [0.15, 0.2) is 0 Å². The molecule has 0 unspecified atom stereocenters. The van der Waals surface area contributed by atoms with Crippen LogP contribution in [0.5, 0.6) is 0 Å². The number of carbonyl (C=O) groups excluding carboxylic acids is 1. The summed E-state index contributed by atoms with van der Waals surface area (Å²) in [5.41, 5.74) is 0. The van der Waals surface area contributed by atoms with Crippen LogP contribution < -0.4 is 0 Å². The van der Waals surface area contributed by atoms with Crippen LogP contribution in [0.4, 0.5) is 0 Å². The van der Waals surface area contributed by atoms with Crippen molar-refractivity contribution in [3.05, 3.63) is 0 Å². The molecule has 0 aliphatic carbocycles. The molecule has 2 fully saturated rings. The second-order valence-electron chi connectivity index (χ2n) is 3.90. The summed E-state index contributed by atoms with van der Waals surface area (Å²) in [6.45, 7) is 2.86. The average Bonchev–Trinajstić information content (AvgIpc) is 2.58. The Morgan fingerprint density at radius 1 is 1.43 bits per heavy atom. The zero-order chi connectivity index (χ0) is 10.3. The van der Waals surface area contributed by atoms with Gasteiger partial charge in [0, 0.05) is 25.9 Å². The lowest BCUT2D eigenvalue weighted by molar-refractivity contribution is -0.143. The van der Waals surface area contributed by atoms with Gasteiger partial charge in [-0.25, -0.2) is 0 Å². The number of carboxylic acids is 1. The van der Waals surface area contributed by atoms with Crippen molar-refractivity contribution in [3.63, 3.8) is 0 Å². The predicted molar refractivity (Wildman–Crippen MR) is 46.6 cm³/mol. The fraction of sp³-hybridized carbons (Fsp3) is 0.778. The predicted octanol–water partition coefficient (Wildman–Crippen LogP) is -0.436. The molecule has 0 spiro atoms. The minimum atomic E-state index is -0.817. The number of hydrogen-bond donors (Lipinski definition) is 1. The van der Waals surface area contributed by atoms with E-state index in [2.05, 4.69) is 0 Å². The van der Waals surface area contributed by atoms with E-state index in [0.29, 0.717) is 13.1 Å². The van der Waals surface area contributed by atoms with Gasteiger partial charge in [0.2, 0.25) is 5.91 Å². The largest absolute Gasteiger partial charge is 0.481 e. The second-order valence-corrected chi connectivity index (χ2v) is 3.90. The average molecular weight is 199 g/mol. The first-order chi connectivity index (χ1) is 6.59. The number of carbonyl (C=O) groups is 2. The van der Waals surface area contributed by atoms with E-state index in [0.717, 1.165) is 0 Å². The van der Waals surface area contributed by atoms with Gasteiger partial charge in [-0.2, -0.15) is 0 Å². The van der Waals surface area contributed by atoms with Gasteiger partial charge in [-0.05, 0) is 0 Å². The number of nitrogens with zero attached hydrogens (tertiary/aromatic N) is 1. The van der Waals surface area contributed by atoms with Gasteiger partial charge >= 0.3 is 5.97 Å². The van der Waals surface area contributed by atoms with Crippen LogP contribution in [0, 0.1) is 11.8 Å². The summed E-state index contributed by atoms with van der Waals surface area (Å²) in [5.74, 6) is -1.28. The van der Waals surface area contributed by atoms with E-state index in [-0.39, 0.29) is 24.5 Å². The van der Waals surface area contributed by atoms with Crippen LogP contribution in [0.1, 0.15) is 6.92 Å². The molecule has 0 aromatic rings. The number of aliphatic carboxylic acids is 1. The minimum absolute atomic E-state index is 0.00728. The summed E-state index contributed by atoms with van der Waals surface area (Å²) in [6.07, 6.45) is -0.0694. The molecule has 78 valence electrons. The number of fused-ring (bicyclic) bond motifs is 1. The van der Waals surface area contributed by atoms with Crippen molar-refractivity contribution in [2.24, 2.45) is 11.8 Å². The van der Waals surface area contributed by atoms with E-state index in [1.807, 2.05) is 0 Å². The quantitative estimate of drug-likeness (QED) is 0.622. The monoisotopic (exact) mass is 199 g/mol. The zero-order valence-corrected chi connectivity index (χ0v) is 7.97. The third-order valence-corrected chi connectivity index (χ3v) is 3.08. The second kappa shape index (κ2) is 3.24. The highest BCUT2D eigenvalue weighted by atomic mass is 16.5. The van der Waals surface area contributed by atoms with E-state index >= 15 is 0 Å². The maximum Gasteiger partial charge on any atom is 0.309 e. The fourth-order valence-corrected chi connectivity index (χ4v) is 2.22. The van der Waals surface area contributed by atoms with Crippen LogP contribution in [-0.2, 0) is 14.3 Å². The van der Waals surface area contributed by atoms with Crippen LogP contribution in [0.2, 0.25) is 0 Å². The summed E-state index contributed by atoms with van der Waals surface area (Å²) in [5, 5.41) is 8.90. The van der Waals surface area contributed by atoms with Crippen molar-refractivity contribution in [2.45, 2.75) is 13.0 Å². The Hall–Kier alpha value is -1.10. The zero-order valence-electron chi connectivity index (χ0n) is 7.97. The molecule has 0 radical (unpaired) electrons. The summed E-state index contributed by atoms with van der Waals surface area (Å²) < 4.78 is 5.36. The highest BCUT2D eigenvalue weighted by Gasteiger charge is 2.47. The maximum absolute atomic E-state index is 11.1. The molecule has 5 nitrogen and oxygen atoms in total. The Morgan fingerprint density at radius 3 is 2.71 bits per heavy atom. The Balaban J connectivity index is 2.06. The van der Waals surface area contributed by atoms with Crippen molar-refractivity contribution in [2.75, 3.05) is 19.7 Å². The van der Waals surface area contributed by atoms with Gasteiger partial charge in [0.25, 0.3) is 0 Å². The van der Waals surface area contributed by atoms with Crippen molar-refractivity contribution in [1.29, 1.82) is 0 Å². The van der Waals surface area contributed by atoms with Crippen molar-refractivity contribution in [1.82, 2.24) is 4.90 Å². The smallest absolute Gasteiger partial charge is 0.309 e. The molecule has 2 heterocycles. The van der Waals surface area contributed by atoms with Crippen molar-refractivity contribution >= 4 is 11.9 Å². The Kier molecular flexibility index (Phi) is 2.19. The summed E-state index contributed by atoms with van der Waals surface area (Å²) >= 11 is 0. The number of hydrogen-bond acceptors (Lipinski definition) is 3. The van der Waals surface area contributed by atoms with Crippen LogP contribution >= 0.6 is 0 Å². The van der Waals surface area contributed by atoms with Crippen molar-refractivity contribution in [3.8, 4) is 0 Å². The fourth-order valence-electron chi connectivity index (χ4n) is 2.22. The van der Waals surface area contributed by atoms with E-state index in [9.17, 15) is 9.59 Å². The molecule has 2 saturated heterocycles. The van der Waals surface area contributed by atoms with E-state index < -0.39 is 11.9 Å². The first-order valence-electron chi connectivity index (χ1n) is 4.69. The Morgan fingerprint density at radius 2 is 2.14 bits per heavy atom. The number of amides is 1. The number of likely N-dealkylation sites (tertiary alicyclic amines) is 1. The van der Waals surface area contributed by atoms with Gasteiger partial charge in [0.1, 0.15) is 0 Å². The van der Waals surface area contributed by atoms with Crippen molar-refractivity contribution < 1.29 is 19.4 Å². The molecule has 1 N–H and O–H groups in total. The molecular weight excluding hydrogens is 186 g/mol. The molecule has 14 heavy (non-hydrogen) atoms. The number of carboxylic acid groups (broad SMARTS) is 1. The maximum atomic E-state index is 11.1. The van der Waals surface area contributed by atoms with E-state index in [1.54, 1.807) is 4.90 Å². The normalized spacial score (nSPS) is 35.8. The lowest BCUT2D eigenvalue weighted by Gasteiger charge is -2.15. The molecule has 0 saturated carbocycles. The Bertz CT molecular complexity index is 278. The van der Waals surface area contributed by atoms with Gasteiger partial charge in [-0.15, -0.1) is 0 Å². The lowest BCUT2D eigenvalue weighted by Crippen LogP contribution is -2.30. The molecule has 2 aliphatic rings. The molecule has 0 aromatic carbocycles. The SMILES string of the molecule is CC(=O)N1C[C@H]2[C@@H](C1)OC[C@H]2C(=O)O. The summed E-state index contributed by atoms with van der Waals surface area (Å²) in [7, 11) is 0. The highest BCUT2D eigenvalue weighted by molar-refractivity contribution is 5.75. The molecule has 1 amide bonds. The summed E-state index contributed by atoms with van der Waals surface area (Å²) in [4.78, 5) is 23.6. The molecule has 3 atom stereocenters. The van der Waals surface area contributed by atoms with E-state index in [4.69, 9.17) is 9.84 Å². The van der Waals surface area contributed by atoms with Gasteiger partial charge in [0.05, 0.1) is 18.6 Å². The van der Waals surface area contributed by atoms with Gasteiger partial charge in [-0.1, -0.05) is 0 Å². The van der Waals surface area contributed by atoms with Crippen LogP contribution in [0.3, 0.4) is 0 Å². The topological polar surface area (TPSA) is 66.8 Å². The number of ether oxygens (including phenoxy) is 1. The van der Waals surface area contributed by atoms with Crippen LogP contribution in [0.15, 0.2) is 0 Å². The summed E-state index contributed by atoms with van der Waals surface area (Å²) in [6, 6.07) is 0. The molecule has 5 heteroatoms. The number of rotatable bonds is 1. The highest BCUT2D eigenvalue weighted by Crippen LogP contribution is 2.33. The molecular formula is C9H13NO4. The third-order valence-electron chi connectivity index (χ3n) is 3.08. The van der Waals surface area contributed by atoms with Gasteiger partial charge < -0.3 is 14.7 Å². The molecule has 2 aliphatic heterocycles. The minimum Gasteiger partial charge on any atom is -0.481 e. The van der Waals surface area contributed by atoms with Gasteiger partial charge in [-0.3, -0.25) is 9.59 Å². The standard InChI is InChI=1S/C9H13NO4/c1-5(11)10-2-6-7(9(12)13)4-14-8(6)3-10/h6-8H,2-4H2,1H3,(H,12,13)/t6-,7-,8-/m1/s1. The lowest BCUT2D eigenvalue weighted by atomic mass is 9.93.